The maximum absolute atomic E-state index is 16.0. The van der Waals surface area contributed by atoms with Gasteiger partial charge in [-0.15, -0.1) is 0 Å². The number of nitrogen functional groups attached to an aromatic ring is 1. The normalized spacial score (nSPS) is 23.3. The summed E-state index contributed by atoms with van der Waals surface area (Å²) in [7, 11) is -0.671. The first-order chi connectivity index (χ1) is 18.4. The number of halogens is 1. The summed E-state index contributed by atoms with van der Waals surface area (Å²) in [5.74, 6) is -2.60. The number of alkyl halides is 1. The van der Waals surface area contributed by atoms with Crippen molar-refractivity contribution in [2.24, 2.45) is 5.92 Å². The lowest BCUT2D eigenvalue weighted by Gasteiger charge is -2.26. The number of hydrogen-bond donors (Lipinski definition) is 2. The minimum Gasteiger partial charge on any atom is -0.465 e. The number of para-hydroxylation sites is 1. The molecule has 0 bridgehead atoms. The van der Waals surface area contributed by atoms with Crippen LogP contribution in [0.1, 0.15) is 33.4 Å². The maximum Gasteiger partial charge on any atom is 0.459 e. The molecule has 0 saturated carbocycles. The van der Waals surface area contributed by atoms with Crippen LogP contribution in [0.25, 0.3) is 11.2 Å². The Kier molecular flexibility index (Phi) is 8.40. The van der Waals surface area contributed by atoms with Crippen molar-refractivity contribution in [3.8, 4) is 5.75 Å². The monoisotopic (exact) mass is 565 g/mol. The average Bonchev–Trinajstić information content (AvgIpc) is 3.42. The molecule has 212 valence electrons. The van der Waals surface area contributed by atoms with Gasteiger partial charge in [0.2, 0.25) is 11.8 Å². The van der Waals surface area contributed by atoms with Crippen LogP contribution in [0.4, 0.5) is 16.2 Å². The van der Waals surface area contributed by atoms with E-state index in [4.69, 9.17) is 24.3 Å². The molecule has 1 aromatic carbocycles. The molecular weight excluding hydrogens is 532 g/mol. The van der Waals surface area contributed by atoms with Crippen molar-refractivity contribution in [3.63, 3.8) is 0 Å². The quantitative estimate of drug-likeness (QED) is 0.258. The standard InChI is InChI=1S/C24H33FN7O6P/c1-6-35-22(33)16(3)30-39(34,38-17-10-8-7-9-11-17)36-13-24(25)12-15(2)21(37-24)32-14-27-18-19(31(4)5)28-23(26)29-20(18)32/h7-11,14-16,21H,6,12-13H2,1-5H3,(H,30,34)(H2,26,28,29)/t15-,16+,21+,24-,39-/m0/s1. The highest BCUT2D eigenvalue weighted by Crippen LogP contribution is 2.49. The van der Waals surface area contributed by atoms with Gasteiger partial charge in [-0.25, -0.2) is 13.9 Å². The van der Waals surface area contributed by atoms with Crippen LogP contribution in [0.5, 0.6) is 5.75 Å². The minimum atomic E-state index is -4.27. The second-order valence-corrected chi connectivity index (χ2v) is 11.2. The molecule has 1 fully saturated rings. The van der Waals surface area contributed by atoms with Gasteiger partial charge in [0.05, 0.1) is 12.9 Å². The van der Waals surface area contributed by atoms with Crippen LogP contribution in [-0.2, 0) is 23.4 Å². The minimum absolute atomic E-state index is 0.0363. The fourth-order valence-electron chi connectivity index (χ4n) is 4.25. The molecule has 13 nitrogen and oxygen atoms in total. The molecule has 0 amide bonds. The second-order valence-electron chi connectivity index (χ2n) is 9.47. The SMILES string of the molecule is CCOC(=O)[C@@H](C)N[P@](=O)(OC[C@]1(F)C[C@H](C)[C@H](n2cnc3c(N(C)C)nc(N)nc32)O1)Oc1ccccc1. The Labute approximate surface area is 225 Å². The molecular formula is C24H33FN7O6P. The number of anilines is 2. The van der Waals surface area contributed by atoms with E-state index in [0.29, 0.717) is 17.0 Å². The summed E-state index contributed by atoms with van der Waals surface area (Å²) >= 11 is 0. The van der Waals surface area contributed by atoms with E-state index in [1.807, 2.05) is 0 Å². The molecule has 0 spiro atoms. The van der Waals surface area contributed by atoms with Crippen LogP contribution in [-0.4, -0.2) is 64.7 Å². The topological polar surface area (TPSA) is 156 Å². The summed E-state index contributed by atoms with van der Waals surface area (Å²) in [5.41, 5.74) is 6.77. The third-order valence-corrected chi connectivity index (χ3v) is 7.60. The molecule has 3 aromatic rings. The molecule has 1 aliphatic heterocycles. The first-order valence-electron chi connectivity index (χ1n) is 12.4. The van der Waals surface area contributed by atoms with E-state index < -0.39 is 38.4 Å². The van der Waals surface area contributed by atoms with Gasteiger partial charge in [0.25, 0.3) is 0 Å². The summed E-state index contributed by atoms with van der Waals surface area (Å²) in [4.78, 5) is 26.8. The highest BCUT2D eigenvalue weighted by Gasteiger charge is 2.49. The van der Waals surface area contributed by atoms with Crippen molar-refractivity contribution in [3.05, 3.63) is 36.7 Å². The van der Waals surface area contributed by atoms with E-state index >= 15 is 4.39 Å². The Morgan fingerprint density at radius 3 is 2.74 bits per heavy atom. The van der Waals surface area contributed by atoms with Crippen LogP contribution in [0.2, 0.25) is 0 Å². The van der Waals surface area contributed by atoms with Crippen LogP contribution < -0.4 is 20.2 Å². The summed E-state index contributed by atoms with van der Waals surface area (Å²) in [6, 6.07) is 7.15. The van der Waals surface area contributed by atoms with Crippen molar-refractivity contribution in [1.82, 2.24) is 24.6 Å². The second kappa shape index (κ2) is 11.4. The van der Waals surface area contributed by atoms with Crippen molar-refractivity contribution in [2.75, 3.05) is 37.9 Å². The lowest BCUT2D eigenvalue weighted by molar-refractivity contribution is -0.173. The van der Waals surface area contributed by atoms with E-state index in [1.54, 1.807) is 67.7 Å². The molecule has 4 rings (SSSR count). The predicted octanol–water partition coefficient (Wildman–Crippen LogP) is 3.44. The largest absolute Gasteiger partial charge is 0.465 e. The number of imidazole rings is 1. The fraction of sp³-hybridized carbons (Fsp3) is 0.500. The molecule has 1 aliphatic rings. The number of carbonyl (C=O) groups excluding carboxylic acids is 1. The summed E-state index contributed by atoms with van der Waals surface area (Å²) in [6.07, 6.45) is 0.594. The Balaban J connectivity index is 1.54. The number of benzene rings is 1. The summed E-state index contributed by atoms with van der Waals surface area (Å²) in [6.45, 7) is 4.28. The third kappa shape index (κ3) is 6.47. The summed E-state index contributed by atoms with van der Waals surface area (Å²) < 4.78 is 53.2. The zero-order valence-electron chi connectivity index (χ0n) is 22.4. The van der Waals surface area contributed by atoms with Crippen molar-refractivity contribution in [2.45, 2.75) is 45.3 Å². The molecule has 0 aliphatic carbocycles. The van der Waals surface area contributed by atoms with Gasteiger partial charge < -0.3 is 24.6 Å². The molecule has 0 radical (unpaired) electrons. The van der Waals surface area contributed by atoms with Crippen LogP contribution in [0.3, 0.4) is 0 Å². The van der Waals surface area contributed by atoms with Crippen molar-refractivity contribution >= 4 is 36.6 Å². The van der Waals surface area contributed by atoms with Crippen molar-refractivity contribution < 1.29 is 32.3 Å². The molecule has 3 heterocycles. The number of esters is 1. The number of fused-ring (bicyclic) bond motifs is 1. The predicted molar refractivity (Wildman–Crippen MR) is 142 cm³/mol. The number of aromatic nitrogens is 4. The fourth-order valence-corrected chi connectivity index (χ4v) is 5.77. The van der Waals surface area contributed by atoms with Crippen LogP contribution >= 0.6 is 7.75 Å². The Hall–Kier alpha value is -3.32. The number of rotatable bonds is 11. The van der Waals surface area contributed by atoms with Gasteiger partial charge >= 0.3 is 13.7 Å². The van der Waals surface area contributed by atoms with Gasteiger partial charge in [-0.3, -0.25) is 13.9 Å². The number of carbonyl (C=O) groups is 1. The number of hydrogen-bond acceptors (Lipinski definition) is 11. The van der Waals surface area contributed by atoms with Gasteiger partial charge in [-0.05, 0) is 26.0 Å². The van der Waals surface area contributed by atoms with E-state index in [2.05, 4.69) is 20.0 Å². The zero-order chi connectivity index (χ0) is 28.4. The zero-order valence-corrected chi connectivity index (χ0v) is 23.3. The Morgan fingerprint density at radius 2 is 2.08 bits per heavy atom. The number of nitrogens with one attached hydrogen (secondary N) is 1. The lowest BCUT2D eigenvalue weighted by atomic mass is 10.1. The number of ether oxygens (including phenoxy) is 2. The van der Waals surface area contributed by atoms with Gasteiger partial charge in [0.15, 0.2) is 17.0 Å². The smallest absolute Gasteiger partial charge is 0.459 e. The Morgan fingerprint density at radius 1 is 1.36 bits per heavy atom. The molecule has 5 atom stereocenters. The van der Waals surface area contributed by atoms with Gasteiger partial charge in [-0.1, -0.05) is 25.1 Å². The Bertz CT molecular complexity index is 1360. The lowest BCUT2D eigenvalue weighted by Crippen LogP contribution is -2.37. The number of nitrogens with two attached hydrogens (primary N) is 1. The molecule has 2 aromatic heterocycles. The first kappa shape index (κ1) is 28.7. The molecule has 0 unspecified atom stereocenters. The van der Waals surface area contributed by atoms with Gasteiger partial charge in [-0.2, -0.15) is 15.1 Å². The molecule has 3 N–H and O–H groups in total. The highest BCUT2D eigenvalue weighted by atomic mass is 31.2. The van der Waals surface area contributed by atoms with Gasteiger partial charge in [0, 0.05) is 26.4 Å². The third-order valence-electron chi connectivity index (χ3n) is 5.97. The van der Waals surface area contributed by atoms with Crippen molar-refractivity contribution in [1.29, 1.82) is 0 Å². The molecule has 39 heavy (non-hydrogen) atoms. The van der Waals surface area contributed by atoms with E-state index in [1.165, 1.54) is 13.3 Å². The van der Waals surface area contributed by atoms with E-state index in [9.17, 15) is 9.36 Å². The average molecular weight is 566 g/mol. The van der Waals surface area contributed by atoms with Crippen LogP contribution in [0.15, 0.2) is 36.7 Å². The maximum atomic E-state index is 16.0. The first-order valence-corrected chi connectivity index (χ1v) is 14.0. The molecule has 1 saturated heterocycles. The molecule has 15 heteroatoms. The number of nitrogens with zero attached hydrogens (tertiary/aromatic N) is 5. The van der Waals surface area contributed by atoms with Crippen LogP contribution in [0, 0.1) is 5.92 Å². The highest BCUT2D eigenvalue weighted by molar-refractivity contribution is 7.52. The van der Waals surface area contributed by atoms with Gasteiger partial charge in [0.1, 0.15) is 24.6 Å². The summed E-state index contributed by atoms with van der Waals surface area (Å²) in [5, 5.41) is 2.53. The van der Waals surface area contributed by atoms with E-state index in [0.717, 1.165) is 0 Å². The van der Waals surface area contributed by atoms with E-state index in [-0.39, 0.29) is 30.6 Å².